The molecule has 1 atom stereocenters. The van der Waals surface area contributed by atoms with Gasteiger partial charge in [-0.05, 0) is 44.4 Å². The van der Waals surface area contributed by atoms with Crippen molar-refractivity contribution in [2.45, 2.75) is 33.3 Å². The zero-order valence-corrected chi connectivity index (χ0v) is 15.2. The second-order valence-corrected chi connectivity index (χ2v) is 7.02. The van der Waals surface area contributed by atoms with Crippen LogP contribution in [0.15, 0.2) is 78.1 Å². The highest BCUT2D eigenvalue weighted by molar-refractivity contribution is 5.96. The Morgan fingerprint density at radius 1 is 0.960 bits per heavy atom. The van der Waals surface area contributed by atoms with Crippen LogP contribution in [0.25, 0.3) is 5.57 Å². The first-order valence-corrected chi connectivity index (χ1v) is 8.63. The summed E-state index contributed by atoms with van der Waals surface area (Å²) in [6, 6.07) is 20.6. The molecule has 1 heterocycles. The molecule has 2 aromatic carbocycles. The van der Waals surface area contributed by atoms with Crippen molar-refractivity contribution in [3.63, 3.8) is 0 Å². The topological polar surface area (TPSA) is 26.3 Å². The Balaban J connectivity index is 2.17. The Morgan fingerprint density at radius 3 is 1.88 bits per heavy atom. The maximum Gasteiger partial charge on any atom is 0.159 e. The molecule has 0 aliphatic carbocycles. The van der Waals surface area contributed by atoms with Gasteiger partial charge in [0.1, 0.15) is 11.4 Å². The van der Waals surface area contributed by atoms with Crippen LogP contribution in [-0.2, 0) is 9.53 Å². The first-order valence-electron chi connectivity index (χ1n) is 8.63. The van der Waals surface area contributed by atoms with Gasteiger partial charge in [-0.3, -0.25) is 4.79 Å². The van der Waals surface area contributed by atoms with Crippen molar-refractivity contribution >= 4 is 11.4 Å². The summed E-state index contributed by atoms with van der Waals surface area (Å²) < 4.78 is 6.02. The van der Waals surface area contributed by atoms with E-state index in [1.54, 1.807) is 6.92 Å². The largest absolute Gasteiger partial charge is 0.491 e. The molecule has 0 radical (unpaired) electrons. The Hall–Kier alpha value is -2.61. The minimum atomic E-state index is -0.445. The number of rotatable bonds is 4. The zero-order valence-electron chi connectivity index (χ0n) is 15.2. The maximum atomic E-state index is 12.2. The molecule has 1 unspecified atom stereocenters. The summed E-state index contributed by atoms with van der Waals surface area (Å²) >= 11 is 0. The smallest absolute Gasteiger partial charge is 0.159 e. The molecular formula is C23H24O2. The van der Waals surface area contributed by atoms with Crippen LogP contribution in [0.2, 0.25) is 0 Å². The molecule has 128 valence electrons. The van der Waals surface area contributed by atoms with Gasteiger partial charge in [-0.1, -0.05) is 66.7 Å². The van der Waals surface area contributed by atoms with Crippen LogP contribution in [-0.4, -0.2) is 11.4 Å². The van der Waals surface area contributed by atoms with Crippen molar-refractivity contribution in [2.24, 2.45) is 5.92 Å². The van der Waals surface area contributed by atoms with Crippen LogP contribution < -0.4 is 0 Å². The molecular weight excluding hydrogens is 308 g/mol. The van der Waals surface area contributed by atoms with Crippen LogP contribution in [0.1, 0.15) is 38.8 Å². The van der Waals surface area contributed by atoms with Gasteiger partial charge in [-0.15, -0.1) is 0 Å². The second-order valence-electron chi connectivity index (χ2n) is 7.02. The average molecular weight is 332 g/mol. The summed E-state index contributed by atoms with van der Waals surface area (Å²) in [6.07, 6.45) is 2.19. The lowest BCUT2D eigenvalue weighted by Crippen LogP contribution is -2.29. The molecule has 2 heteroatoms. The number of carbonyl (C=O) groups excluding carboxylic acids is 1. The van der Waals surface area contributed by atoms with Crippen LogP contribution >= 0.6 is 0 Å². The number of ketones is 1. The summed E-state index contributed by atoms with van der Waals surface area (Å²) in [7, 11) is 0. The quantitative estimate of drug-likeness (QED) is 0.748. The molecule has 3 rings (SSSR count). The maximum absolute atomic E-state index is 12.2. The number of Topliss-reactive ketones (excluding diaryl/α,β-unsaturated/α-hetero) is 1. The molecule has 0 fully saturated rings. The minimum absolute atomic E-state index is 0.0739. The summed E-state index contributed by atoms with van der Waals surface area (Å²) in [4.78, 5) is 12.2. The van der Waals surface area contributed by atoms with E-state index in [1.165, 1.54) is 0 Å². The van der Waals surface area contributed by atoms with E-state index in [0.717, 1.165) is 28.0 Å². The molecule has 0 N–H and O–H groups in total. The van der Waals surface area contributed by atoms with Crippen molar-refractivity contribution in [1.29, 1.82) is 0 Å². The number of ether oxygens (including phenoxy) is 1. The van der Waals surface area contributed by atoms with Gasteiger partial charge in [0.15, 0.2) is 5.78 Å². The van der Waals surface area contributed by atoms with E-state index in [-0.39, 0.29) is 11.7 Å². The fourth-order valence-electron chi connectivity index (χ4n) is 3.59. The summed E-state index contributed by atoms with van der Waals surface area (Å²) in [6.45, 7) is 7.59. The zero-order chi connectivity index (χ0) is 18.0. The van der Waals surface area contributed by atoms with Crippen LogP contribution in [0.3, 0.4) is 0 Å². The van der Waals surface area contributed by atoms with E-state index in [2.05, 4.69) is 30.3 Å². The lowest BCUT2D eigenvalue weighted by molar-refractivity contribution is -0.114. The van der Waals surface area contributed by atoms with Gasteiger partial charge in [0.05, 0.1) is 0 Å². The van der Waals surface area contributed by atoms with E-state index in [0.29, 0.717) is 0 Å². The van der Waals surface area contributed by atoms with E-state index in [9.17, 15) is 4.79 Å². The Bertz CT molecular complexity index is 785. The van der Waals surface area contributed by atoms with Crippen LogP contribution in [0, 0.1) is 5.92 Å². The predicted molar refractivity (Wildman–Crippen MR) is 102 cm³/mol. The molecule has 0 aromatic heterocycles. The molecule has 25 heavy (non-hydrogen) atoms. The molecule has 0 amide bonds. The highest BCUT2D eigenvalue weighted by Crippen LogP contribution is 2.42. The predicted octanol–water partition coefficient (Wildman–Crippen LogP) is 5.41. The lowest BCUT2D eigenvalue weighted by Gasteiger charge is -2.27. The molecule has 2 aromatic rings. The molecule has 2 nitrogen and oxygen atoms in total. The van der Waals surface area contributed by atoms with E-state index >= 15 is 0 Å². The number of benzene rings is 2. The third-order valence-corrected chi connectivity index (χ3v) is 4.74. The fraction of sp³-hybridized carbons (Fsp3) is 0.261. The molecule has 0 spiro atoms. The Kier molecular flexibility index (Phi) is 4.63. The van der Waals surface area contributed by atoms with Crippen LogP contribution in [0.4, 0.5) is 0 Å². The van der Waals surface area contributed by atoms with Gasteiger partial charge >= 0.3 is 0 Å². The highest BCUT2D eigenvalue weighted by atomic mass is 16.5. The van der Waals surface area contributed by atoms with Gasteiger partial charge in [0.2, 0.25) is 0 Å². The second kappa shape index (κ2) is 6.72. The Labute approximate surface area is 149 Å². The van der Waals surface area contributed by atoms with E-state index < -0.39 is 5.60 Å². The first kappa shape index (κ1) is 17.2. The number of allylic oxidation sites excluding steroid dienone is 1. The van der Waals surface area contributed by atoms with E-state index in [1.807, 2.05) is 57.2 Å². The summed E-state index contributed by atoms with van der Waals surface area (Å²) in [5, 5.41) is 0. The third-order valence-electron chi connectivity index (χ3n) is 4.74. The first-order chi connectivity index (χ1) is 11.9. The number of hydrogen-bond donors (Lipinski definition) is 0. The average Bonchev–Trinajstić information content (AvgIpc) is 2.82. The highest BCUT2D eigenvalue weighted by Gasteiger charge is 2.42. The monoisotopic (exact) mass is 332 g/mol. The summed E-state index contributed by atoms with van der Waals surface area (Å²) in [5.41, 5.74) is 3.72. The fourth-order valence-corrected chi connectivity index (χ4v) is 3.59. The molecule has 1 aliphatic heterocycles. The molecule has 1 aliphatic rings. The van der Waals surface area contributed by atoms with Crippen molar-refractivity contribution in [3.05, 3.63) is 89.2 Å². The third kappa shape index (κ3) is 3.43. The number of carbonyl (C=O) groups is 1. The normalized spacial score (nSPS) is 18.6. The van der Waals surface area contributed by atoms with Crippen molar-refractivity contribution in [3.8, 4) is 0 Å². The SMILES string of the molecule is CC(=O)C1=C(C)OC(C)(C)C1C=C(c1ccccc1)c1ccccc1. The van der Waals surface area contributed by atoms with Gasteiger partial charge < -0.3 is 4.74 Å². The Morgan fingerprint density at radius 2 is 1.44 bits per heavy atom. The molecule has 0 bridgehead atoms. The van der Waals surface area contributed by atoms with Crippen molar-refractivity contribution in [2.75, 3.05) is 0 Å². The van der Waals surface area contributed by atoms with Crippen LogP contribution in [0.5, 0.6) is 0 Å². The van der Waals surface area contributed by atoms with Gasteiger partial charge in [-0.2, -0.15) is 0 Å². The van der Waals surface area contributed by atoms with Gasteiger partial charge in [-0.25, -0.2) is 0 Å². The lowest BCUT2D eigenvalue weighted by atomic mass is 9.81. The van der Waals surface area contributed by atoms with Gasteiger partial charge in [0, 0.05) is 11.5 Å². The standard InChI is InChI=1S/C23H24O2/c1-16(24)22-17(2)25-23(3,4)21(22)15-20(18-11-7-5-8-12-18)19-13-9-6-10-14-19/h5-15,21H,1-4H3. The van der Waals surface area contributed by atoms with E-state index in [4.69, 9.17) is 4.74 Å². The minimum Gasteiger partial charge on any atom is -0.491 e. The van der Waals surface area contributed by atoms with Crippen molar-refractivity contribution < 1.29 is 9.53 Å². The van der Waals surface area contributed by atoms with Crippen molar-refractivity contribution in [1.82, 2.24) is 0 Å². The molecule has 0 saturated heterocycles. The number of hydrogen-bond acceptors (Lipinski definition) is 2. The van der Waals surface area contributed by atoms with Gasteiger partial charge in [0.25, 0.3) is 0 Å². The summed E-state index contributed by atoms with van der Waals surface area (Å²) in [5.74, 6) is 0.726. The molecule has 0 saturated carbocycles.